The number of anilines is 1. The lowest BCUT2D eigenvalue weighted by molar-refractivity contribution is -0.129. The first-order valence-electron chi connectivity index (χ1n) is 7.41. The molecule has 1 aliphatic heterocycles. The molecule has 0 aliphatic carbocycles. The third-order valence-corrected chi connectivity index (χ3v) is 5.20. The normalized spacial score (nSPS) is 15.8. The summed E-state index contributed by atoms with van der Waals surface area (Å²) in [5.41, 5.74) is 3.31. The van der Waals surface area contributed by atoms with E-state index in [4.69, 9.17) is 5.21 Å². The number of rotatable bonds is 5. The van der Waals surface area contributed by atoms with Gasteiger partial charge in [-0.1, -0.05) is 4.78 Å². The summed E-state index contributed by atoms with van der Waals surface area (Å²) >= 11 is 1.28. The molecule has 1 fully saturated rings. The smallest absolute Gasteiger partial charge is 0.243 e. The predicted octanol–water partition coefficient (Wildman–Crippen LogP) is 1.18. The lowest BCUT2D eigenvalue weighted by atomic mass is 10.0. The van der Waals surface area contributed by atoms with Crippen LogP contribution in [0.2, 0.25) is 4.78 Å². The van der Waals surface area contributed by atoms with Crippen LogP contribution >= 0.6 is 0 Å². The Morgan fingerprint density at radius 2 is 1.81 bits per heavy atom. The van der Waals surface area contributed by atoms with E-state index in [1.807, 2.05) is 24.3 Å². The molecule has 1 heterocycles. The van der Waals surface area contributed by atoms with Crippen LogP contribution in [-0.2, 0) is 4.79 Å². The molecular formula is C15H21AlN2O3. The molecular weight excluding hydrogens is 283 g/mol. The molecule has 0 spiro atoms. The summed E-state index contributed by atoms with van der Waals surface area (Å²) in [6.45, 7) is 2.19. The molecule has 1 aromatic carbocycles. The van der Waals surface area contributed by atoms with E-state index >= 15 is 0 Å². The first-order valence-corrected chi connectivity index (χ1v) is 8.56. The maximum absolute atomic E-state index is 11.9. The Labute approximate surface area is 132 Å². The predicted molar refractivity (Wildman–Crippen MR) is 83.7 cm³/mol. The molecule has 6 heteroatoms. The van der Waals surface area contributed by atoms with Crippen LogP contribution < -0.4 is 10.4 Å². The molecule has 5 nitrogen and oxygen atoms in total. The van der Waals surface area contributed by atoms with Crippen molar-refractivity contribution in [1.29, 1.82) is 0 Å². The average molecular weight is 304 g/mol. The van der Waals surface area contributed by atoms with Gasteiger partial charge in [-0.05, 0) is 37.1 Å². The fourth-order valence-electron chi connectivity index (χ4n) is 2.55. The van der Waals surface area contributed by atoms with E-state index in [0.29, 0.717) is 5.56 Å². The second kappa shape index (κ2) is 7.60. The van der Waals surface area contributed by atoms with E-state index < -0.39 is 5.91 Å². The zero-order valence-corrected chi connectivity index (χ0v) is 14.3. The number of carbonyl (C=O) groups is 2. The molecule has 0 aromatic heterocycles. The van der Waals surface area contributed by atoms with Crippen LogP contribution in [0, 0.1) is 0 Å². The van der Waals surface area contributed by atoms with Crippen LogP contribution in [0.25, 0.3) is 0 Å². The molecule has 21 heavy (non-hydrogen) atoms. The van der Waals surface area contributed by atoms with Gasteiger partial charge in [-0.3, -0.25) is 14.8 Å². The number of ketones is 1. The van der Waals surface area contributed by atoms with E-state index in [1.54, 1.807) is 0 Å². The number of nitrogens with zero attached hydrogens (tertiary/aromatic N) is 1. The third-order valence-electron chi connectivity index (χ3n) is 4.04. The zero-order chi connectivity index (χ0) is 15.2. The van der Waals surface area contributed by atoms with Crippen molar-refractivity contribution in [2.24, 2.45) is 0 Å². The van der Waals surface area contributed by atoms with Gasteiger partial charge < -0.3 is 4.90 Å². The van der Waals surface area contributed by atoms with E-state index in [0.717, 1.165) is 23.6 Å². The summed E-state index contributed by atoms with van der Waals surface area (Å²) in [5, 5.41) is 8.40. The minimum atomic E-state index is -0.536. The average Bonchev–Trinajstić information content (AvgIpc) is 2.53. The van der Waals surface area contributed by atoms with E-state index in [9.17, 15) is 9.59 Å². The van der Waals surface area contributed by atoms with Gasteiger partial charge in [0.2, 0.25) is 22.2 Å². The maximum Gasteiger partial charge on any atom is 0.243 e. The van der Waals surface area contributed by atoms with Crippen LogP contribution in [0.4, 0.5) is 5.69 Å². The SMILES string of the molecule is O=C(CCC(=O)c1ccc(N2CC[CH]([AlH2])CC2)cc1)NO. The number of benzene rings is 1. The highest BCUT2D eigenvalue weighted by molar-refractivity contribution is 6.11. The quantitative estimate of drug-likeness (QED) is 0.371. The van der Waals surface area contributed by atoms with Crippen LogP contribution in [-0.4, -0.2) is 46.3 Å². The van der Waals surface area contributed by atoms with E-state index in [-0.39, 0.29) is 18.6 Å². The second-order valence-electron chi connectivity index (χ2n) is 5.67. The van der Waals surface area contributed by atoms with Crippen LogP contribution in [0.1, 0.15) is 36.0 Å². The van der Waals surface area contributed by atoms with Gasteiger partial charge in [0, 0.05) is 37.2 Å². The number of amides is 1. The highest BCUT2D eigenvalue weighted by atomic mass is 27.0. The molecule has 0 atom stereocenters. The fourth-order valence-corrected chi connectivity index (χ4v) is 3.07. The Morgan fingerprint density at radius 3 is 2.38 bits per heavy atom. The summed E-state index contributed by atoms with van der Waals surface area (Å²) in [4.78, 5) is 25.2. The Bertz CT molecular complexity index is 496. The summed E-state index contributed by atoms with van der Waals surface area (Å²) in [5.74, 6) is -0.616. The first kappa shape index (κ1) is 16.0. The van der Waals surface area contributed by atoms with Crippen molar-refractivity contribution in [3.63, 3.8) is 0 Å². The van der Waals surface area contributed by atoms with Gasteiger partial charge in [-0.25, -0.2) is 5.48 Å². The van der Waals surface area contributed by atoms with Gasteiger partial charge in [-0.2, -0.15) is 0 Å². The monoisotopic (exact) mass is 304 g/mol. The molecule has 0 bridgehead atoms. The minimum Gasteiger partial charge on any atom is -0.372 e. The highest BCUT2D eigenvalue weighted by Gasteiger charge is 2.16. The number of carbonyl (C=O) groups excluding carboxylic acids is 2. The van der Waals surface area contributed by atoms with Gasteiger partial charge in [0.1, 0.15) is 0 Å². The molecule has 0 radical (unpaired) electrons. The Balaban J connectivity index is 1.92. The number of piperidine rings is 1. The molecule has 0 saturated carbocycles. The summed E-state index contributed by atoms with van der Waals surface area (Å²) in [6.07, 6.45) is 2.65. The second-order valence-corrected chi connectivity index (χ2v) is 7.31. The minimum absolute atomic E-state index is 0.00495. The van der Waals surface area contributed by atoms with E-state index in [2.05, 4.69) is 4.90 Å². The highest BCUT2D eigenvalue weighted by Crippen LogP contribution is 2.25. The standard InChI is InChI=1S/C15H19N2O3.Al.2H/c18-14(8-9-15(19)16-20)12-4-6-13(7-5-12)17-10-2-1-3-11-17;;;/h1,4-7,20H,2-3,8-11H2,(H,16,19);;;. The van der Waals surface area contributed by atoms with Gasteiger partial charge in [0.25, 0.3) is 0 Å². The molecule has 1 amide bonds. The number of hydrogen-bond donors (Lipinski definition) is 2. The van der Waals surface area contributed by atoms with Crippen molar-refractivity contribution in [2.45, 2.75) is 30.5 Å². The Hall–Kier alpha value is -1.35. The zero-order valence-electron chi connectivity index (χ0n) is 12.3. The van der Waals surface area contributed by atoms with Crippen LogP contribution in [0.3, 0.4) is 0 Å². The van der Waals surface area contributed by atoms with Crippen molar-refractivity contribution < 1.29 is 14.8 Å². The molecule has 1 saturated heterocycles. The molecule has 0 unspecified atom stereocenters. The summed E-state index contributed by atoms with van der Waals surface area (Å²) < 4.78 is 0.930. The van der Waals surface area contributed by atoms with Crippen molar-refractivity contribution in [2.75, 3.05) is 18.0 Å². The topological polar surface area (TPSA) is 69.6 Å². The molecule has 2 N–H and O–H groups in total. The Morgan fingerprint density at radius 1 is 1.19 bits per heavy atom. The maximum atomic E-state index is 11.9. The van der Waals surface area contributed by atoms with Gasteiger partial charge >= 0.3 is 0 Å². The summed E-state index contributed by atoms with van der Waals surface area (Å²) in [6, 6.07) is 7.60. The van der Waals surface area contributed by atoms with Crippen LogP contribution in [0.5, 0.6) is 0 Å². The lowest BCUT2D eigenvalue weighted by Crippen LogP contribution is -2.31. The summed E-state index contributed by atoms with van der Waals surface area (Å²) in [7, 11) is 0. The van der Waals surface area contributed by atoms with Gasteiger partial charge in [-0.15, -0.1) is 0 Å². The van der Waals surface area contributed by atoms with Crippen molar-refractivity contribution >= 4 is 33.7 Å². The number of hydroxylamine groups is 1. The molecule has 2 rings (SSSR count). The fraction of sp³-hybridized carbons (Fsp3) is 0.467. The van der Waals surface area contributed by atoms with Crippen molar-refractivity contribution in [1.82, 2.24) is 5.48 Å². The molecule has 1 aliphatic rings. The lowest BCUT2D eigenvalue weighted by Gasteiger charge is -2.32. The molecule has 1 aromatic rings. The number of Topliss-reactive ketones (excluding diaryl/α,β-unsaturated/α-hetero) is 1. The molecule has 112 valence electrons. The number of hydrogen-bond acceptors (Lipinski definition) is 4. The largest absolute Gasteiger partial charge is 0.372 e. The van der Waals surface area contributed by atoms with Crippen LogP contribution in [0.15, 0.2) is 24.3 Å². The van der Waals surface area contributed by atoms with Gasteiger partial charge in [0.05, 0.1) is 0 Å². The first-order chi connectivity index (χ1) is 10.1. The Kier molecular flexibility index (Phi) is 5.80. The number of nitrogens with one attached hydrogen (secondary N) is 1. The van der Waals surface area contributed by atoms with Crippen molar-refractivity contribution in [3.8, 4) is 0 Å². The van der Waals surface area contributed by atoms with Crippen molar-refractivity contribution in [3.05, 3.63) is 29.8 Å². The third kappa shape index (κ3) is 4.57. The van der Waals surface area contributed by atoms with E-state index in [1.165, 1.54) is 34.6 Å². The van der Waals surface area contributed by atoms with Gasteiger partial charge in [0.15, 0.2) is 5.78 Å².